The predicted molar refractivity (Wildman–Crippen MR) is 70.4 cm³/mol. The smallest absolute Gasteiger partial charge is 0.327 e. The minimum absolute atomic E-state index is 0.0710. The van der Waals surface area contributed by atoms with E-state index >= 15 is 0 Å². The summed E-state index contributed by atoms with van der Waals surface area (Å²) in [6.45, 7) is 5.56. The van der Waals surface area contributed by atoms with Crippen molar-refractivity contribution >= 4 is 5.91 Å². The van der Waals surface area contributed by atoms with Gasteiger partial charge < -0.3 is 4.90 Å². The molecule has 1 atom stereocenters. The van der Waals surface area contributed by atoms with Gasteiger partial charge in [0.15, 0.2) is 0 Å². The first kappa shape index (κ1) is 16.5. The zero-order valence-electron chi connectivity index (χ0n) is 12.0. The second-order valence-electron chi connectivity index (χ2n) is 5.17. The molecule has 0 aliphatic rings. The fourth-order valence-electron chi connectivity index (χ4n) is 1.82. The maximum absolute atomic E-state index is 12.7. The van der Waals surface area contributed by atoms with Crippen molar-refractivity contribution in [3.8, 4) is 0 Å². The molecule has 1 aromatic rings. The summed E-state index contributed by atoms with van der Waals surface area (Å²) in [7, 11) is 0. The zero-order valence-corrected chi connectivity index (χ0v) is 12.0. The fraction of sp³-hybridized carbons (Fsp3) is 0.571. The molecular formula is C14H19F3N2O. The van der Waals surface area contributed by atoms with E-state index in [-0.39, 0.29) is 11.5 Å². The molecular weight excluding hydrogens is 269 g/mol. The van der Waals surface area contributed by atoms with E-state index in [1.54, 1.807) is 33.8 Å². The molecule has 0 spiro atoms. The summed E-state index contributed by atoms with van der Waals surface area (Å²) in [5.74, 6) is -0.701. The van der Waals surface area contributed by atoms with Gasteiger partial charge in [0, 0.05) is 17.9 Å². The van der Waals surface area contributed by atoms with Crippen molar-refractivity contribution in [3.05, 3.63) is 29.6 Å². The molecule has 0 aliphatic heterocycles. The molecule has 1 amide bonds. The van der Waals surface area contributed by atoms with E-state index in [9.17, 15) is 18.0 Å². The molecule has 0 aliphatic carbocycles. The summed E-state index contributed by atoms with van der Waals surface area (Å²) in [5.41, 5.74) is 0.643. The van der Waals surface area contributed by atoms with E-state index in [4.69, 9.17) is 0 Å². The molecule has 0 N–H and O–H groups in total. The van der Waals surface area contributed by atoms with Crippen LogP contribution in [0.5, 0.6) is 0 Å². The van der Waals surface area contributed by atoms with Gasteiger partial charge in [0.2, 0.25) is 0 Å². The average Bonchev–Trinajstić information content (AvgIpc) is 2.33. The lowest BCUT2D eigenvalue weighted by atomic mass is 10.0. The minimum atomic E-state index is -4.42. The van der Waals surface area contributed by atoms with E-state index in [2.05, 4.69) is 4.98 Å². The summed E-state index contributed by atoms with van der Waals surface area (Å²) >= 11 is 0. The van der Waals surface area contributed by atoms with Gasteiger partial charge in [0.1, 0.15) is 6.54 Å². The Morgan fingerprint density at radius 3 is 2.40 bits per heavy atom. The number of hydrogen-bond donors (Lipinski definition) is 0. The summed E-state index contributed by atoms with van der Waals surface area (Å²) in [4.78, 5) is 17.2. The van der Waals surface area contributed by atoms with Crippen LogP contribution in [-0.4, -0.2) is 34.6 Å². The second-order valence-corrected chi connectivity index (χ2v) is 5.17. The minimum Gasteiger partial charge on any atom is -0.327 e. The number of aromatic nitrogens is 1. The lowest BCUT2D eigenvalue weighted by Gasteiger charge is -2.32. The molecule has 1 aromatic heterocycles. The molecule has 20 heavy (non-hydrogen) atoms. The van der Waals surface area contributed by atoms with Gasteiger partial charge in [-0.3, -0.25) is 9.78 Å². The Bertz CT molecular complexity index is 472. The van der Waals surface area contributed by atoms with Crippen LogP contribution in [0.15, 0.2) is 18.3 Å². The van der Waals surface area contributed by atoms with Crippen molar-refractivity contribution in [2.24, 2.45) is 5.92 Å². The molecule has 0 saturated heterocycles. The quantitative estimate of drug-likeness (QED) is 0.850. The third-order valence-corrected chi connectivity index (χ3v) is 3.30. The van der Waals surface area contributed by atoms with Crippen LogP contribution in [0.1, 0.15) is 36.8 Å². The van der Waals surface area contributed by atoms with E-state index in [0.29, 0.717) is 5.69 Å². The van der Waals surface area contributed by atoms with Crippen LogP contribution in [0.3, 0.4) is 0 Å². The first-order valence-corrected chi connectivity index (χ1v) is 6.43. The van der Waals surface area contributed by atoms with Crippen molar-refractivity contribution in [3.63, 3.8) is 0 Å². The predicted octanol–water partition coefficient (Wildman–Crippen LogP) is 3.44. The standard InChI is InChI=1S/C14H19F3N2O/c1-9(2)11(4)19(8-14(15,16)17)13(20)12-6-5-7-18-10(12)3/h5-7,9,11H,8H2,1-4H3. The first-order chi connectivity index (χ1) is 9.13. The number of carbonyl (C=O) groups is 1. The second kappa shape index (κ2) is 6.24. The molecule has 1 heterocycles. The number of amides is 1. The Labute approximate surface area is 116 Å². The molecule has 6 heteroatoms. The number of halogens is 3. The number of aryl methyl sites for hydroxylation is 1. The van der Waals surface area contributed by atoms with E-state index in [1.807, 2.05) is 0 Å². The largest absolute Gasteiger partial charge is 0.406 e. The summed E-state index contributed by atoms with van der Waals surface area (Å²) < 4.78 is 38.1. The van der Waals surface area contributed by atoms with E-state index in [0.717, 1.165) is 4.90 Å². The van der Waals surface area contributed by atoms with Gasteiger partial charge in [0.25, 0.3) is 5.91 Å². The SMILES string of the molecule is Cc1ncccc1C(=O)N(CC(F)(F)F)C(C)C(C)C. The highest BCUT2D eigenvalue weighted by atomic mass is 19.4. The van der Waals surface area contributed by atoms with Gasteiger partial charge in [-0.25, -0.2) is 0 Å². The van der Waals surface area contributed by atoms with Crippen LogP contribution >= 0.6 is 0 Å². The topological polar surface area (TPSA) is 33.2 Å². The normalized spacial score (nSPS) is 13.4. The van der Waals surface area contributed by atoms with Gasteiger partial charge in [-0.1, -0.05) is 13.8 Å². The Morgan fingerprint density at radius 1 is 1.35 bits per heavy atom. The third-order valence-electron chi connectivity index (χ3n) is 3.30. The Morgan fingerprint density at radius 2 is 1.95 bits per heavy atom. The molecule has 0 saturated carbocycles. The van der Waals surface area contributed by atoms with Crippen molar-refractivity contribution in [2.45, 2.75) is 39.9 Å². The highest BCUT2D eigenvalue weighted by Gasteiger charge is 2.36. The monoisotopic (exact) mass is 288 g/mol. The first-order valence-electron chi connectivity index (χ1n) is 6.43. The average molecular weight is 288 g/mol. The number of pyridine rings is 1. The molecule has 3 nitrogen and oxygen atoms in total. The lowest BCUT2D eigenvalue weighted by Crippen LogP contribution is -2.46. The van der Waals surface area contributed by atoms with Crippen LogP contribution in [-0.2, 0) is 0 Å². The summed E-state index contributed by atoms with van der Waals surface area (Å²) in [5, 5.41) is 0. The van der Waals surface area contributed by atoms with Gasteiger partial charge in [0.05, 0.1) is 5.56 Å². The highest BCUT2D eigenvalue weighted by Crippen LogP contribution is 2.23. The van der Waals surface area contributed by atoms with Crippen LogP contribution in [0.2, 0.25) is 0 Å². The van der Waals surface area contributed by atoms with Gasteiger partial charge in [-0.05, 0) is 31.9 Å². The number of carbonyl (C=O) groups excluding carboxylic acids is 1. The number of alkyl halides is 3. The van der Waals surface area contributed by atoms with Crippen LogP contribution in [0.25, 0.3) is 0 Å². The molecule has 0 aromatic carbocycles. The third kappa shape index (κ3) is 4.21. The lowest BCUT2D eigenvalue weighted by molar-refractivity contribution is -0.145. The van der Waals surface area contributed by atoms with E-state index < -0.39 is 24.7 Å². The molecule has 0 radical (unpaired) electrons. The van der Waals surface area contributed by atoms with Crippen molar-refractivity contribution < 1.29 is 18.0 Å². The van der Waals surface area contributed by atoms with Gasteiger partial charge in [-0.15, -0.1) is 0 Å². The Hall–Kier alpha value is -1.59. The Balaban J connectivity index is 3.11. The number of hydrogen-bond acceptors (Lipinski definition) is 2. The van der Waals surface area contributed by atoms with Crippen molar-refractivity contribution in [1.82, 2.24) is 9.88 Å². The highest BCUT2D eigenvalue weighted by molar-refractivity contribution is 5.95. The maximum atomic E-state index is 12.7. The number of nitrogens with zero attached hydrogens (tertiary/aromatic N) is 2. The summed E-state index contributed by atoms with van der Waals surface area (Å²) in [6.07, 6.45) is -2.92. The van der Waals surface area contributed by atoms with E-state index in [1.165, 1.54) is 12.3 Å². The number of rotatable bonds is 4. The molecule has 0 bridgehead atoms. The van der Waals surface area contributed by atoms with Gasteiger partial charge >= 0.3 is 6.18 Å². The molecule has 112 valence electrons. The van der Waals surface area contributed by atoms with Crippen LogP contribution < -0.4 is 0 Å². The maximum Gasteiger partial charge on any atom is 0.406 e. The molecule has 1 rings (SSSR count). The van der Waals surface area contributed by atoms with Gasteiger partial charge in [-0.2, -0.15) is 13.2 Å². The van der Waals surface area contributed by atoms with Crippen LogP contribution in [0.4, 0.5) is 13.2 Å². The Kier molecular flexibility index (Phi) is 5.14. The van der Waals surface area contributed by atoms with Crippen molar-refractivity contribution in [1.29, 1.82) is 0 Å². The zero-order chi connectivity index (χ0) is 15.5. The fourth-order valence-corrected chi connectivity index (χ4v) is 1.82. The molecule has 1 unspecified atom stereocenters. The summed E-state index contributed by atoms with van der Waals surface area (Å²) in [6, 6.07) is 2.54. The van der Waals surface area contributed by atoms with Crippen molar-refractivity contribution in [2.75, 3.05) is 6.54 Å². The molecule has 0 fully saturated rings. The van der Waals surface area contributed by atoms with Crippen LogP contribution in [0, 0.1) is 12.8 Å².